The minimum absolute atomic E-state index is 0.0412. The predicted molar refractivity (Wildman–Crippen MR) is 160 cm³/mol. The molecule has 15 nitrogen and oxygen atoms in total. The summed E-state index contributed by atoms with van der Waals surface area (Å²) in [5.74, 6) is -1.41. The first-order chi connectivity index (χ1) is 22.9. The summed E-state index contributed by atoms with van der Waals surface area (Å²) in [6, 6.07) is 5.19. The number of nitrogens with one attached hydrogen (secondary N) is 4. The first-order valence-electron chi connectivity index (χ1n) is 14.7. The van der Waals surface area contributed by atoms with E-state index in [1.54, 1.807) is 11.0 Å². The largest absolute Gasteiger partial charge is 0.447 e. The summed E-state index contributed by atoms with van der Waals surface area (Å²) in [5.41, 5.74) is -1.25. The van der Waals surface area contributed by atoms with E-state index in [-0.39, 0.29) is 63.6 Å². The van der Waals surface area contributed by atoms with E-state index in [0.717, 1.165) is 17.1 Å². The van der Waals surface area contributed by atoms with Crippen LogP contribution in [-0.2, 0) is 29.3 Å². The molecular formula is C29H28ClF3N10O5. The van der Waals surface area contributed by atoms with Gasteiger partial charge in [0.2, 0.25) is 0 Å². The smallest absolute Gasteiger partial charge is 0.435 e. The van der Waals surface area contributed by atoms with Gasteiger partial charge in [0, 0.05) is 43.6 Å². The molecule has 3 fully saturated rings. The van der Waals surface area contributed by atoms with E-state index < -0.39 is 36.5 Å². The molecule has 4 heterocycles. The molecule has 3 unspecified atom stereocenters. The van der Waals surface area contributed by atoms with Gasteiger partial charge in [-0.25, -0.2) is 9.78 Å². The molecule has 6 rings (SSSR count). The number of amides is 4. The standard InChI is InChI=1S/C29H28ClF3N10O5/c1-41-22(19-12-42(5-4-34)40-23(19)29(31,32)33)10-35-24(41)26(46)36-14-2-3-18(20(30)8-14)25(45)37-15-6-16(7-15)39-28(47)43-11-17-9-21(43)27(38-17)48-13-44/h2-3,8,10,12-13,15-17,21,27,38H,5-7,9,11H2,1H3,(H,36,46)(H,37,45)(H,39,47). The number of benzene rings is 1. The maximum Gasteiger partial charge on any atom is 0.435 e. The number of hydrogen-bond acceptors (Lipinski definition) is 9. The lowest BCUT2D eigenvalue weighted by molar-refractivity contribution is -0.141. The Labute approximate surface area is 275 Å². The van der Waals surface area contributed by atoms with E-state index in [9.17, 15) is 32.3 Å². The molecule has 0 radical (unpaired) electrons. The van der Waals surface area contributed by atoms with Crippen LogP contribution in [0.1, 0.15) is 45.9 Å². The third-order valence-electron chi connectivity index (χ3n) is 8.56. The number of hydrogen-bond donors (Lipinski definition) is 4. The zero-order chi connectivity index (χ0) is 34.3. The number of urea groups is 1. The molecule has 1 aliphatic carbocycles. The van der Waals surface area contributed by atoms with Gasteiger partial charge in [-0.2, -0.15) is 23.5 Å². The van der Waals surface area contributed by atoms with Gasteiger partial charge in [-0.15, -0.1) is 0 Å². The number of nitrogens with zero attached hydrogens (tertiary/aromatic N) is 6. The van der Waals surface area contributed by atoms with Gasteiger partial charge in [-0.05, 0) is 37.5 Å². The number of nitriles is 1. The zero-order valence-electron chi connectivity index (χ0n) is 25.1. The average Bonchev–Trinajstić information content (AvgIpc) is 3.79. The van der Waals surface area contributed by atoms with Crippen LogP contribution in [0.15, 0.2) is 30.6 Å². The highest BCUT2D eigenvalue weighted by Gasteiger charge is 2.48. The lowest BCUT2D eigenvalue weighted by Crippen LogP contribution is -2.60. The highest BCUT2D eigenvalue weighted by Crippen LogP contribution is 2.36. The molecule has 0 spiro atoms. The molecule has 48 heavy (non-hydrogen) atoms. The summed E-state index contributed by atoms with van der Waals surface area (Å²) >= 11 is 6.37. The number of piperazine rings is 1. The second kappa shape index (κ2) is 12.8. The SMILES string of the molecule is Cn1c(-c2cn(CC#N)nc2C(F)(F)F)cnc1C(=O)Nc1ccc(C(=O)NC2CC(NC(=O)N3CC4CC3C(OC=O)N4)C2)c(Cl)c1. The number of aromatic nitrogens is 4. The van der Waals surface area contributed by atoms with Crippen molar-refractivity contribution in [2.75, 3.05) is 11.9 Å². The monoisotopic (exact) mass is 688 g/mol. The first kappa shape index (κ1) is 32.8. The summed E-state index contributed by atoms with van der Waals surface area (Å²) in [6.45, 7) is 0.474. The van der Waals surface area contributed by atoms with Crippen molar-refractivity contribution in [3.8, 4) is 17.3 Å². The number of halogens is 4. The van der Waals surface area contributed by atoms with Crippen molar-refractivity contribution in [1.29, 1.82) is 5.26 Å². The summed E-state index contributed by atoms with van der Waals surface area (Å²) in [5, 5.41) is 23.9. The van der Waals surface area contributed by atoms with Crippen LogP contribution in [0.2, 0.25) is 5.02 Å². The molecule has 1 saturated carbocycles. The molecule has 4 N–H and O–H groups in total. The molecule has 3 atom stereocenters. The number of ether oxygens (including phenoxy) is 1. The lowest BCUT2D eigenvalue weighted by atomic mass is 9.86. The van der Waals surface area contributed by atoms with E-state index in [1.807, 2.05) is 0 Å². The summed E-state index contributed by atoms with van der Waals surface area (Å²) in [7, 11) is 1.36. The fraction of sp³-hybridized carbons (Fsp3) is 0.414. The second-order valence-electron chi connectivity index (χ2n) is 11.7. The molecule has 3 aromatic rings. The van der Waals surface area contributed by atoms with Gasteiger partial charge in [0.1, 0.15) is 6.54 Å². The number of likely N-dealkylation sites (tertiary alicyclic amines) is 1. The predicted octanol–water partition coefficient (Wildman–Crippen LogP) is 2.25. The number of alkyl halides is 3. The fourth-order valence-corrected chi connectivity index (χ4v) is 6.49. The van der Waals surface area contributed by atoms with E-state index in [0.29, 0.717) is 32.3 Å². The average molecular weight is 689 g/mol. The first-order valence-corrected chi connectivity index (χ1v) is 15.1. The van der Waals surface area contributed by atoms with Crippen LogP contribution < -0.4 is 21.3 Å². The Hall–Kier alpha value is -5.15. The maximum absolute atomic E-state index is 13.6. The van der Waals surface area contributed by atoms with Crippen LogP contribution in [-0.4, -0.2) is 85.5 Å². The fourth-order valence-electron chi connectivity index (χ4n) is 6.22. The Morgan fingerprint density at radius 3 is 2.60 bits per heavy atom. The zero-order valence-corrected chi connectivity index (χ0v) is 25.9. The molecule has 252 valence electrons. The van der Waals surface area contributed by atoms with Crippen LogP contribution in [0.4, 0.5) is 23.7 Å². The van der Waals surface area contributed by atoms with Crippen molar-refractivity contribution in [1.82, 2.24) is 40.2 Å². The Morgan fingerprint density at radius 2 is 1.94 bits per heavy atom. The third-order valence-corrected chi connectivity index (χ3v) is 8.87. The summed E-state index contributed by atoms with van der Waals surface area (Å²) in [6.07, 6.45) is -1.46. The second-order valence-corrected chi connectivity index (χ2v) is 12.1. The van der Waals surface area contributed by atoms with Crippen molar-refractivity contribution in [2.24, 2.45) is 7.05 Å². The number of imidazole rings is 1. The molecule has 2 aromatic heterocycles. The van der Waals surface area contributed by atoms with Gasteiger partial charge in [-0.3, -0.25) is 24.4 Å². The number of carbonyl (C=O) groups excluding carboxylic acids is 4. The van der Waals surface area contributed by atoms with Crippen molar-refractivity contribution in [2.45, 2.75) is 62.4 Å². The van der Waals surface area contributed by atoms with Gasteiger partial charge < -0.3 is 30.2 Å². The van der Waals surface area contributed by atoms with E-state index in [1.165, 1.54) is 29.8 Å². The minimum atomic E-state index is -4.81. The molecule has 1 aromatic carbocycles. The van der Waals surface area contributed by atoms with Gasteiger partial charge in [0.05, 0.1) is 40.2 Å². The van der Waals surface area contributed by atoms with E-state index in [4.69, 9.17) is 21.6 Å². The Balaban J connectivity index is 1.03. The molecule has 4 amide bonds. The maximum atomic E-state index is 13.6. The normalized spacial score (nSPS) is 22.8. The van der Waals surface area contributed by atoms with Crippen molar-refractivity contribution < 1.29 is 37.1 Å². The van der Waals surface area contributed by atoms with Crippen molar-refractivity contribution in [3.05, 3.63) is 52.7 Å². The van der Waals surface area contributed by atoms with Gasteiger partial charge in [0.25, 0.3) is 18.3 Å². The van der Waals surface area contributed by atoms with E-state index in [2.05, 4.69) is 31.3 Å². The molecular weight excluding hydrogens is 661 g/mol. The van der Waals surface area contributed by atoms with Crippen LogP contribution in [0.25, 0.3) is 11.3 Å². The third kappa shape index (κ3) is 6.38. The highest BCUT2D eigenvalue weighted by molar-refractivity contribution is 6.34. The topological polar surface area (TPSA) is 188 Å². The molecule has 2 aliphatic heterocycles. The summed E-state index contributed by atoms with van der Waals surface area (Å²) < 4.78 is 47.9. The number of fused-ring (bicyclic) bond motifs is 2. The van der Waals surface area contributed by atoms with Gasteiger partial charge >= 0.3 is 12.2 Å². The number of rotatable bonds is 9. The van der Waals surface area contributed by atoms with Crippen molar-refractivity contribution >= 4 is 41.6 Å². The molecule has 19 heteroatoms. The quantitative estimate of drug-likeness (QED) is 0.245. The Kier molecular flexibility index (Phi) is 8.74. The van der Waals surface area contributed by atoms with Gasteiger partial charge in [-0.1, -0.05) is 11.6 Å². The van der Waals surface area contributed by atoms with Crippen LogP contribution in [0.5, 0.6) is 0 Å². The molecule has 3 aliphatic rings. The van der Waals surface area contributed by atoms with Crippen molar-refractivity contribution in [3.63, 3.8) is 0 Å². The minimum Gasteiger partial charge on any atom is -0.447 e. The Morgan fingerprint density at radius 1 is 1.19 bits per heavy atom. The summed E-state index contributed by atoms with van der Waals surface area (Å²) in [4.78, 5) is 55.1. The number of anilines is 1. The van der Waals surface area contributed by atoms with E-state index >= 15 is 0 Å². The molecule has 2 bridgehead atoms. The number of carbonyl (C=O) groups is 4. The highest BCUT2D eigenvalue weighted by atomic mass is 35.5. The van der Waals surface area contributed by atoms with Crippen LogP contribution in [0.3, 0.4) is 0 Å². The molecule has 2 saturated heterocycles. The van der Waals surface area contributed by atoms with Crippen LogP contribution in [0, 0.1) is 11.3 Å². The van der Waals surface area contributed by atoms with Gasteiger partial charge in [0.15, 0.2) is 17.7 Å². The van der Waals surface area contributed by atoms with Crippen LogP contribution >= 0.6 is 11.6 Å². The lowest BCUT2D eigenvalue weighted by Gasteiger charge is -2.39. The Bertz CT molecular complexity index is 1810.